The van der Waals surface area contributed by atoms with Crippen molar-refractivity contribution in [3.63, 3.8) is 0 Å². The lowest BCUT2D eigenvalue weighted by atomic mass is 9.90. The van der Waals surface area contributed by atoms with Gasteiger partial charge in [-0.15, -0.1) is 5.10 Å². The molecule has 0 saturated heterocycles. The minimum atomic E-state index is -0.144. The van der Waals surface area contributed by atoms with Crippen molar-refractivity contribution in [1.82, 2.24) is 19.4 Å². The van der Waals surface area contributed by atoms with Gasteiger partial charge in [-0.2, -0.15) is 0 Å². The summed E-state index contributed by atoms with van der Waals surface area (Å²) in [6.07, 6.45) is 8.74. The third-order valence-corrected chi connectivity index (χ3v) is 6.34. The maximum atomic E-state index is 12.4. The molecule has 0 aliphatic heterocycles. The number of esters is 1. The summed E-state index contributed by atoms with van der Waals surface area (Å²) in [6.45, 7) is 2.49. The highest BCUT2D eigenvalue weighted by molar-refractivity contribution is 5.78. The van der Waals surface area contributed by atoms with E-state index < -0.39 is 0 Å². The monoisotopic (exact) mass is 428 g/mol. The fourth-order valence-electron chi connectivity index (χ4n) is 4.87. The van der Waals surface area contributed by atoms with Gasteiger partial charge in [-0.1, -0.05) is 48.5 Å². The minimum absolute atomic E-state index is 0.144. The van der Waals surface area contributed by atoms with E-state index in [1.807, 2.05) is 31.3 Å². The maximum absolute atomic E-state index is 12.4. The van der Waals surface area contributed by atoms with E-state index in [-0.39, 0.29) is 12.0 Å². The molecule has 0 saturated carbocycles. The fraction of sp³-hybridized carbons (Fsp3) is 0.346. The lowest BCUT2D eigenvalue weighted by molar-refractivity contribution is -0.142. The van der Waals surface area contributed by atoms with Gasteiger partial charge in [0, 0.05) is 30.2 Å². The number of fused-ring (bicyclic) bond motifs is 3. The number of aromatic nitrogens is 4. The first-order valence-corrected chi connectivity index (χ1v) is 11.4. The Morgan fingerprint density at radius 2 is 2.00 bits per heavy atom. The van der Waals surface area contributed by atoms with Crippen LogP contribution in [0.3, 0.4) is 0 Å². The Kier molecular flexibility index (Phi) is 5.75. The Morgan fingerprint density at radius 1 is 1.16 bits per heavy atom. The van der Waals surface area contributed by atoms with Crippen molar-refractivity contribution in [3.05, 3.63) is 89.0 Å². The molecule has 3 heterocycles. The lowest BCUT2D eigenvalue weighted by Gasteiger charge is -2.25. The van der Waals surface area contributed by atoms with Gasteiger partial charge < -0.3 is 9.14 Å². The molecule has 0 fully saturated rings. The molecular formula is C26H28N4O2. The highest BCUT2D eigenvalue weighted by Gasteiger charge is 2.29. The van der Waals surface area contributed by atoms with Gasteiger partial charge in [-0.05, 0) is 48.1 Å². The molecule has 1 aliphatic rings. The lowest BCUT2D eigenvalue weighted by Crippen LogP contribution is -2.22. The molecule has 4 aromatic rings. The molecule has 6 nitrogen and oxygen atoms in total. The third kappa shape index (κ3) is 3.93. The van der Waals surface area contributed by atoms with Crippen LogP contribution in [0, 0.1) is 0 Å². The van der Waals surface area contributed by atoms with Gasteiger partial charge in [0.1, 0.15) is 0 Å². The third-order valence-electron chi connectivity index (χ3n) is 6.34. The number of carbonyl (C=O) groups is 1. The number of carbonyl (C=O) groups excluding carboxylic acids is 1. The number of ether oxygens (including phenoxy) is 1. The van der Waals surface area contributed by atoms with Crippen LogP contribution in [-0.4, -0.2) is 32.0 Å². The Bertz CT molecular complexity index is 1230. The van der Waals surface area contributed by atoms with E-state index in [1.54, 1.807) is 0 Å². The first-order valence-electron chi connectivity index (χ1n) is 11.4. The Morgan fingerprint density at radius 3 is 2.84 bits per heavy atom. The molecule has 1 aliphatic carbocycles. The molecule has 1 unspecified atom stereocenters. The number of nitrogens with zero attached hydrogens (tertiary/aromatic N) is 4. The van der Waals surface area contributed by atoms with Crippen LogP contribution >= 0.6 is 0 Å². The zero-order valence-electron chi connectivity index (χ0n) is 18.4. The largest absolute Gasteiger partial charge is 0.465 e. The van der Waals surface area contributed by atoms with Gasteiger partial charge >= 0.3 is 5.97 Å². The smallest absolute Gasteiger partial charge is 0.310 e. The first kappa shape index (κ1) is 20.5. The van der Waals surface area contributed by atoms with E-state index in [0.717, 1.165) is 48.9 Å². The van der Waals surface area contributed by atoms with Crippen molar-refractivity contribution < 1.29 is 9.53 Å². The first-order chi connectivity index (χ1) is 15.7. The summed E-state index contributed by atoms with van der Waals surface area (Å²) in [5, 5.41) is 8.69. The normalized spacial score (nSPS) is 15.6. The standard InChI is InChI=1S/C26H28N4O2/c1-2-14-32-26(31)17-23-22-12-11-20(16-25(22)29-13-7-6-10-24(23)29)30-21(18-27-28-30)15-19-8-4-3-5-9-19/h3-10,13,18,20H,2,11-12,14-17H2,1H3. The topological polar surface area (TPSA) is 61.4 Å². The number of pyridine rings is 1. The van der Waals surface area contributed by atoms with Gasteiger partial charge in [0.05, 0.1) is 31.0 Å². The average Bonchev–Trinajstić information content (AvgIpc) is 3.41. The van der Waals surface area contributed by atoms with Crippen molar-refractivity contribution >= 4 is 11.5 Å². The number of hydrogen-bond acceptors (Lipinski definition) is 4. The summed E-state index contributed by atoms with van der Waals surface area (Å²) < 4.78 is 9.74. The van der Waals surface area contributed by atoms with E-state index in [0.29, 0.717) is 13.0 Å². The highest BCUT2D eigenvalue weighted by atomic mass is 16.5. The second-order valence-electron chi connectivity index (χ2n) is 8.49. The van der Waals surface area contributed by atoms with Crippen LogP contribution in [0.15, 0.2) is 60.9 Å². The molecule has 6 heteroatoms. The second-order valence-corrected chi connectivity index (χ2v) is 8.49. The van der Waals surface area contributed by atoms with E-state index in [9.17, 15) is 4.79 Å². The molecule has 1 atom stereocenters. The molecule has 0 N–H and O–H groups in total. The zero-order chi connectivity index (χ0) is 21.9. The molecule has 5 rings (SSSR count). The molecule has 164 valence electrons. The summed E-state index contributed by atoms with van der Waals surface area (Å²) in [5.41, 5.74) is 7.18. The van der Waals surface area contributed by atoms with Gasteiger partial charge in [0.2, 0.25) is 0 Å². The van der Waals surface area contributed by atoms with Crippen LogP contribution in [0.4, 0.5) is 0 Å². The summed E-state index contributed by atoms with van der Waals surface area (Å²) in [5.74, 6) is -0.144. The fourth-order valence-corrected chi connectivity index (χ4v) is 4.87. The van der Waals surface area contributed by atoms with Crippen molar-refractivity contribution in [1.29, 1.82) is 0 Å². The molecule has 3 aromatic heterocycles. The predicted molar refractivity (Wildman–Crippen MR) is 123 cm³/mol. The van der Waals surface area contributed by atoms with Crippen LogP contribution in [-0.2, 0) is 35.2 Å². The molecule has 0 bridgehead atoms. The molecule has 0 spiro atoms. The van der Waals surface area contributed by atoms with Gasteiger partial charge in [-0.25, -0.2) is 4.68 Å². The van der Waals surface area contributed by atoms with Crippen LogP contribution in [0.2, 0.25) is 0 Å². The second kappa shape index (κ2) is 8.99. The summed E-state index contributed by atoms with van der Waals surface area (Å²) in [6, 6.07) is 16.9. The van der Waals surface area contributed by atoms with Gasteiger partial charge in [0.15, 0.2) is 0 Å². The number of benzene rings is 1. The SMILES string of the molecule is CCCOC(=O)Cc1c2c(n3ccccc13)CC(n1nncc1Cc1ccccc1)CC2. The molecule has 32 heavy (non-hydrogen) atoms. The van der Waals surface area contributed by atoms with E-state index >= 15 is 0 Å². The summed E-state index contributed by atoms with van der Waals surface area (Å²) in [4.78, 5) is 12.4. The average molecular weight is 429 g/mol. The highest BCUT2D eigenvalue weighted by Crippen LogP contribution is 2.35. The Labute approximate surface area is 187 Å². The number of hydrogen-bond donors (Lipinski definition) is 0. The summed E-state index contributed by atoms with van der Waals surface area (Å²) in [7, 11) is 0. The van der Waals surface area contributed by atoms with Crippen molar-refractivity contribution in [2.45, 2.75) is 51.5 Å². The van der Waals surface area contributed by atoms with Gasteiger partial charge in [0.25, 0.3) is 0 Å². The zero-order valence-corrected chi connectivity index (χ0v) is 18.4. The number of rotatable bonds is 7. The Hall–Kier alpha value is -3.41. The Balaban J connectivity index is 1.44. The van der Waals surface area contributed by atoms with Gasteiger partial charge in [-0.3, -0.25) is 4.79 Å². The van der Waals surface area contributed by atoms with Crippen molar-refractivity contribution in [2.75, 3.05) is 6.61 Å². The quantitative estimate of drug-likeness (QED) is 0.411. The van der Waals surface area contributed by atoms with Crippen molar-refractivity contribution in [3.8, 4) is 0 Å². The van der Waals surface area contributed by atoms with Crippen LogP contribution in [0.1, 0.15) is 53.9 Å². The summed E-state index contributed by atoms with van der Waals surface area (Å²) >= 11 is 0. The minimum Gasteiger partial charge on any atom is -0.465 e. The predicted octanol–water partition coefficient (Wildman–Crippen LogP) is 4.35. The van der Waals surface area contributed by atoms with E-state index in [2.05, 4.69) is 55.9 Å². The molecule has 0 amide bonds. The van der Waals surface area contributed by atoms with Crippen LogP contribution < -0.4 is 0 Å². The van der Waals surface area contributed by atoms with E-state index in [4.69, 9.17) is 4.74 Å². The molecular weight excluding hydrogens is 400 g/mol. The molecule has 0 radical (unpaired) electrons. The maximum Gasteiger partial charge on any atom is 0.310 e. The van der Waals surface area contributed by atoms with Crippen molar-refractivity contribution in [2.24, 2.45) is 0 Å². The molecule has 1 aromatic carbocycles. The van der Waals surface area contributed by atoms with Crippen LogP contribution in [0.5, 0.6) is 0 Å². The van der Waals surface area contributed by atoms with Crippen LogP contribution in [0.25, 0.3) is 5.52 Å². The van der Waals surface area contributed by atoms with E-state index in [1.165, 1.54) is 16.8 Å².